The van der Waals surface area contributed by atoms with Crippen molar-refractivity contribution in [3.05, 3.63) is 24.3 Å². The van der Waals surface area contributed by atoms with Gasteiger partial charge in [0.2, 0.25) is 0 Å². The van der Waals surface area contributed by atoms with Gasteiger partial charge in [-0.2, -0.15) is 0 Å². The van der Waals surface area contributed by atoms with Crippen LogP contribution >= 0.6 is 0 Å². The summed E-state index contributed by atoms with van der Waals surface area (Å²) in [5, 5.41) is 27.4. The minimum Gasteiger partial charge on any atom is -0.422 e. The van der Waals surface area contributed by atoms with Gasteiger partial charge in [-0.3, -0.25) is 0 Å². The maximum atomic E-state index is 11.0. The molecule has 3 N–H and O–H groups in total. The summed E-state index contributed by atoms with van der Waals surface area (Å²) >= 11 is 0. The quantitative estimate of drug-likeness (QED) is 0.330. The number of hydrogen-bond donors (Lipinski definition) is 3. The Morgan fingerprint density at radius 2 is 1.53 bits per heavy atom. The molecule has 0 heterocycles. The summed E-state index contributed by atoms with van der Waals surface area (Å²) < 4.78 is 8.22. The van der Waals surface area contributed by atoms with E-state index in [0.717, 1.165) is 0 Å². The SMILES string of the molecule is C=C(C)C(=O)OC(O)C(O)(O)OC(=O)C(=C)C. The Balaban J connectivity index is 4.60. The highest BCUT2D eigenvalue weighted by Crippen LogP contribution is 2.13. The Morgan fingerprint density at radius 1 is 1.12 bits per heavy atom. The predicted octanol–water partition coefficient (Wildman–Crippen LogP) is -0.818. The third-order valence-electron chi connectivity index (χ3n) is 1.48. The summed E-state index contributed by atoms with van der Waals surface area (Å²) in [4.78, 5) is 21.9. The molecule has 0 aromatic carbocycles. The number of rotatable bonds is 5. The molecular formula is C10H14O7. The highest BCUT2D eigenvalue weighted by Gasteiger charge is 2.41. The van der Waals surface area contributed by atoms with E-state index in [2.05, 4.69) is 22.6 Å². The van der Waals surface area contributed by atoms with E-state index in [0.29, 0.717) is 0 Å². The number of ether oxygens (including phenoxy) is 2. The third kappa shape index (κ3) is 4.77. The van der Waals surface area contributed by atoms with E-state index < -0.39 is 24.2 Å². The number of carbonyl (C=O) groups excluding carboxylic acids is 2. The Bertz CT molecular complexity index is 356. The maximum absolute atomic E-state index is 11.0. The Hall–Kier alpha value is -1.70. The molecule has 0 aliphatic rings. The van der Waals surface area contributed by atoms with Crippen LogP contribution in [0.25, 0.3) is 0 Å². The first-order chi connectivity index (χ1) is 7.58. The van der Waals surface area contributed by atoms with Gasteiger partial charge in [0.1, 0.15) is 0 Å². The number of aliphatic hydroxyl groups is 3. The molecule has 0 saturated carbocycles. The van der Waals surface area contributed by atoms with E-state index in [1.807, 2.05) is 0 Å². The molecular weight excluding hydrogens is 232 g/mol. The van der Waals surface area contributed by atoms with Crippen molar-refractivity contribution >= 4 is 11.9 Å². The van der Waals surface area contributed by atoms with Crippen molar-refractivity contribution < 1.29 is 34.4 Å². The summed E-state index contributed by atoms with van der Waals surface area (Å²) in [7, 11) is 0. The van der Waals surface area contributed by atoms with Gasteiger partial charge in [-0.1, -0.05) is 13.2 Å². The van der Waals surface area contributed by atoms with Gasteiger partial charge in [-0.15, -0.1) is 0 Å². The Kier molecular flexibility index (Phi) is 5.02. The monoisotopic (exact) mass is 246 g/mol. The summed E-state index contributed by atoms with van der Waals surface area (Å²) in [6, 6.07) is 0. The van der Waals surface area contributed by atoms with Crippen LogP contribution in [0, 0.1) is 0 Å². The van der Waals surface area contributed by atoms with Gasteiger partial charge in [0.25, 0.3) is 6.29 Å². The lowest BCUT2D eigenvalue weighted by Gasteiger charge is -2.25. The fourth-order valence-corrected chi connectivity index (χ4v) is 0.553. The second-order valence-electron chi connectivity index (χ2n) is 3.37. The lowest BCUT2D eigenvalue weighted by molar-refractivity contribution is -0.396. The van der Waals surface area contributed by atoms with Crippen molar-refractivity contribution in [2.75, 3.05) is 0 Å². The number of aliphatic hydroxyl groups excluding tert-OH is 1. The first-order valence-electron chi connectivity index (χ1n) is 4.46. The van der Waals surface area contributed by atoms with Gasteiger partial charge < -0.3 is 24.8 Å². The van der Waals surface area contributed by atoms with Gasteiger partial charge in [-0.05, 0) is 13.8 Å². The predicted molar refractivity (Wildman–Crippen MR) is 55.0 cm³/mol. The van der Waals surface area contributed by atoms with Crippen LogP contribution in [0.3, 0.4) is 0 Å². The van der Waals surface area contributed by atoms with E-state index in [9.17, 15) is 9.59 Å². The summed E-state index contributed by atoms with van der Waals surface area (Å²) in [5.41, 5.74) is -0.206. The highest BCUT2D eigenvalue weighted by atomic mass is 16.8. The van der Waals surface area contributed by atoms with Crippen molar-refractivity contribution in [1.82, 2.24) is 0 Å². The second kappa shape index (κ2) is 5.58. The normalized spacial score (nSPS) is 12.5. The average Bonchev–Trinajstić information content (AvgIpc) is 2.16. The van der Waals surface area contributed by atoms with Gasteiger partial charge in [-0.25, -0.2) is 9.59 Å². The second-order valence-corrected chi connectivity index (χ2v) is 3.37. The summed E-state index contributed by atoms with van der Waals surface area (Å²) in [6.07, 6.45) is -2.46. The minimum atomic E-state index is -3.36. The zero-order chi connectivity index (χ0) is 13.8. The van der Waals surface area contributed by atoms with Crippen LogP contribution in [0.4, 0.5) is 0 Å². The molecule has 0 spiro atoms. The molecule has 0 saturated heterocycles. The van der Waals surface area contributed by atoms with Crippen LogP contribution in [0.5, 0.6) is 0 Å². The van der Waals surface area contributed by atoms with E-state index in [1.165, 1.54) is 13.8 Å². The van der Waals surface area contributed by atoms with Crippen LogP contribution in [-0.4, -0.2) is 39.5 Å². The zero-order valence-electron chi connectivity index (χ0n) is 9.47. The van der Waals surface area contributed by atoms with Crippen LogP contribution in [0.1, 0.15) is 13.8 Å². The lowest BCUT2D eigenvalue weighted by atomic mass is 10.3. The molecule has 96 valence electrons. The number of esters is 2. The minimum absolute atomic E-state index is 0.0777. The first kappa shape index (κ1) is 15.3. The topological polar surface area (TPSA) is 113 Å². The molecule has 0 rings (SSSR count). The van der Waals surface area contributed by atoms with Crippen molar-refractivity contribution in [2.24, 2.45) is 0 Å². The number of carbonyl (C=O) groups is 2. The molecule has 1 unspecified atom stereocenters. The van der Waals surface area contributed by atoms with Crippen LogP contribution < -0.4 is 0 Å². The maximum Gasteiger partial charge on any atom is 0.390 e. The smallest absolute Gasteiger partial charge is 0.390 e. The van der Waals surface area contributed by atoms with E-state index in [4.69, 9.17) is 15.3 Å². The molecule has 0 aromatic rings. The fourth-order valence-electron chi connectivity index (χ4n) is 0.553. The summed E-state index contributed by atoms with van der Waals surface area (Å²) in [6.45, 7) is 8.93. The first-order valence-corrected chi connectivity index (χ1v) is 4.46. The molecule has 0 aromatic heterocycles. The largest absolute Gasteiger partial charge is 0.422 e. The van der Waals surface area contributed by atoms with Gasteiger partial charge in [0.05, 0.1) is 0 Å². The molecule has 0 bridgehead atoms. The summed E-state index contributed by atoms with van der Waals surface area (Å²) in [5.74, 6) is -5.60. The zero-order valence-corrected chi connectivity index (χ0v) is 9.47. The van der Waals surface area contributed by atoms with Gasteiger partial charge in [0.15, 0.2) is 0 Å². The Morgan fingerprint density at radius 3 is 1.88 bits per heavy atom. The highest BCUT2D eigenvalue weighted by molar-refractivity contribution is 5.87. The van der Waals surface area contributed by atoms with Gasteiger partial charge >= 0.3 is 17.9 Å². The molecule has 7 heteroatoms. The molecule has 0 aliphatic carbocycles. The molecule has 17 heavy (non-hydrogen) atoms. The van der Waals surface area contributed by atoms with Gasteiger partial charge in [0, 0.05) is 11.1 Å². The molecule has 0 fully saturated rings. The van der Waals surface area contributed by atoms with E-state index in [1.54, 1.807) is 0 Å². The molecule has 1 atom stereocenters. The molecule has 0 amide bonds. The Labute approximate surface area is 97.6 Å². The van der Waals surface area contributed by atoms with Crippen molar-refractivity contribution in [1.29, 1.82) is 0 Å². The molecule has 0 aliphatic heterocycles. The lowest BCUT2D eigenvalue weighted by Crippen LogP contribution is -2.48. The molecule has 0 radical (unpaired) electrons. The fraction of sp³-hybridized carbons (Fsp3) is 0.400. The van der Waals surface area contributed by atoms with Crippen LogP contribution in [0.15, 0.2) is 24.3 Å². The van der Waals surface area contributed by atoms with Crippen molar-refractivity contribution in [2.45, 2.75) is 26.1 Å². The van der Waals surface area contributed by atoms with Crippen LogP contribution in [-0.2, 0) is 19.1 Å². The molecule has 7 nitrogen and oxygen atoms in total. The van der Waals surface area contributed by atoms with Crippen molar-refractivity contribution in [3.63, 3.8) is 0 Å². The van der Waals surface area contributed by atoms with Crippen molar-refractivity contribution in [3.8, 4) is 0 Å². The van der Waals surface area contributed by atoms with Crippen LogP contribution in [0.2, 0.25) is 0 Å². The standard InChI is InChI=1S/C10H14O7/c1-5(2)7(11)16-9(13)10(14,15)17-8(12)6(3)4/h9,13-15H,1,3H2,2,4H3. The van der Waals surface area contributed by atoms with E-state index >= 15 is 0 Å². The number of hydrogen-bond acceptors (Lipinski definition) is 7. The average molecular weight is 246 g/mol. The van der Waals surface area contributed by atoms with E-state index in [-0.39, 0.29) is 11.1 Å². The third-order valence-corrected chi connectivity index (χ3v) is 1.48.